The van der Waals surface area contributed by atoms with Crippen LogP contribution in [0.1, 0.15) is 57.1 Å². The molecule has 4 atom stereocenters. The molecule has 5 nitrogen and oxygen atoms in total. The summed E-state index contributed by atoms with van der Waals surface area (Å²) in [7, 11) is 0. The lowest BCUT2D eigenvalue weighted by Crippen LogP contribution is -2.50. The number of fused-ring (bicyclic) bond motifs is 2. The van der Waals surface area contributed by atoms with Crippen LogP contribution in [-0.4, -0.2) is 22.8 Å². The van der Waals surface area contributed by atoms with Crippen LogP contribution in [0.5, 0.6) is 0 Å². The molecule has 0 N–H and O–H groups in total. The second-order valence-corrected chi connectivity index (χ2v) is 7.26. The number of esters is 1. The van der Waals surface area contributed by atoms with Gasteiger partial charge < -0.3 is 13.9 Å². The summed E-state index contributed by atoms with van der Waals surface area (Å²) in [6.45, 7) is 11.1. The summed E-state index contributed by atoms with van der Waals surface area (Å²) in [5.74, 6) is 1.11. The average Bonchev–Trinajstić information content (AvgIpc) is 3.03. The molecule has 0 aromatic carbocycles. The van der Waals surface area contributed by atoms with Gasteiger partial charge in [-0.05, 0) is 51.0 Å². The maximum absolute atomic E-state index is 11.6. The highest BCUT2D eigenvalue weighted by Crippen LogP contribution is 2.61. The first kappa shape index (κ1) is 16.8. The molecule has 1 fully saturated rings. The maximum Gasteiger partial charge on any atom is 0.304 e. The van der Waals surface area contributed by atoms with Gasteiger partial charge in [-0.2, -0.15) is 5.26 Å². The zero-order valence-electron chi connectivity index (χ0n) is 15.0. The Morgan fingerprint density at radius 1 is 1.42 bits per heavy atom. The van der Waals surface area contributed by atoms with Crippen LogP contribution >= 0.6 is 0 Å². The summed E-state index contributed by atoms with van der Waals surface area (Å²) in [6.07, 6.45) is 2.22. The van der Waals surface area contributed by atoms with Gasteiger partial charge in [0.2, 0.25) is 5.60 Å². The van der Waals surface area contributed by atoms with Gasteiger partial charge >= 0.3 is 5.97 Å². The van der Waals surface area contributed by atoms with E-state index in [1.165, 1.54) is 6.92 Å². The number of nitrogens with zero attached hydrogens (tertiary/aromatic N) is 1. The van der Waals surface area contributed by atoms with Crippen LogP contribution in [0.2, 0.25) is 0 Å². The Morgan fingerprint density at radius 3 is 2.58 bits per heavy atom. The fourth-order valence-electron chi connectivity index (χ4n) is 4.38. The molecule has 2 bridgehead atoms. The van der Waals surface area contributed by atoms with Gasteiger partial charge in [0.25, 0.3) is 0 Å². The lowest BCUT2D eigenvalue weighted by molar-refractivity contribution is -0.161. The Balaban J connectivity index is 2.09. The number of hydrogen-bond donors (Lipinski definition) is 0. The fourth-order valence-corrected chi connectivity index (χ4v) is 4.38. The molecule has 0 amide bonds. The van der Waals surface area contributed by atoms with E-state index in [2.05, 4.69) is 6.07 Å². The van der Waals surface area contributed by atoms with Crippen molar-refractivity contribution in [3.05, 3.63) is 34.8 Å². The summed E-state index contributed by atoms with van der Waals surface area (Å²) < 4.78 is 17.8. The lowest BCUT2D eigenvalue weighted by atomic mass is 9.68. The summed E-state index contributed by atoms with van der Waals surface area (Å²) in [6, 6.07) is 4.20. The summed E-state index contributed by atoms with van der Waals surface area (Å²) in [5.41, 5.74) is -0.886. The SMILES string of the molecule is CC(=O)O[C@@]1(C#N)C[C@]2([C@@H](C)c3oc(C)cc3C)O[C@@]1(C)C=C2C. The fraction of sp³-hybridized carbons (Fsp3) is 0.579. The minimum absolute atomic E-state index is 0.102. The van der Waals surface area contributed by atoms with E-state index in [4.69, 9.17) is 13.9 Å². The molecule has 1 aromatic rings. The number of aryl methyl sites for hydroxylation is 2. The summed E-state index contributed by atoms with van der Waals surface area (Å²) >= 11 is 0. The molecule has 5 heteroatoms. The first-order valence-corrected chi connectivity index (χ1v) is 8.17. The van der Waals surface area contributed by atoms with Crippen molar-refractivity contribution in [2.75, 3.05) is 0 Å². The third-order valence-corrected chi connectivity index (χ3v) is 5.54. The van der Waals surface area contributed by atoms with Gasteiger partial charge in [-0.15, -0.1) is 0 Å². The Labute approximate surface area is 142 Å². The number of rotatable bonds is 3. The Morgan fingerprint density at radius 2 is 2.08 bits per heavy atom. The smallest absolute Gasteiger partial charge is 0.304 e. The monoisotopic (exact) mass is 329 g/mol. The number of carbonyl (C=O) groups is 1. The summed E-state index contributed by atoms with van der Waals surface area (Å²) in [4.78, 5) is 11.6. The highest BCUT2D eigenvalue weighted by Gasteiger charge is 2.71. The van der Waals surface area contributed by atoms with E-state index in [-0.39, 0.29) is 5.92 Å². The average molecular weight is 329 g/mol. The standard InChI is InChI=1S/C19H23NO4/c1-11-7-13(3)22-16(11)14(4)19-9-18(10-20,23-15(5)21)17(6,24-19)8-12(19)2/h7-8,14H,9H2,1-6H3/t14-,17-,18+,19-/m0/s1. The van der Waals surface area contributed by atoms with E-state index in [1.54, 1.807) is 0 Å². The molecule has 1 saturated heterocycles. The minimum Gasteiger partial charge on any atom is -0.466 e. The highest BCUT2D eigenvalue weighted by atomic mass is 16.6. The van der Waals surface area contributed by atoms with Crippen molar-refractivity contribution in [3.8, 4) is 6.07 Å². The van der Waals surface area contributed by atoms with Crippen LogP contribution in [0.3, 0.4) is 0 Å². The van der Waals surface area contributed by atoms with Crippen molar-refractivity contribution in [1.29, 1.82) is 5.26 Å². The number of nitriles is 1. The van der Waals surface area contributed by atoms with E-state index in [9.17, 15) is 10.1 Å². The van der Waals surface area contributed by atoms with Gasteiger partial charge in [0.05, 0.1) is 0 Å². The molecule has 128 valence electrons. The van der Waals surface area contributed by atoms with Crippen molar-refractivity contribution in [2.45, 2.75) is 70.7 Å². The van der Waals surface area contributed by atoms with Crippen LogP contribution < -0.4 is 0 Å². The number of hydrogen-bond acceptors (Lipinski definition) is 5. The van der Waals surface area contributed by atoms with Gasteiger partial charge in [-0.3, -0.25) is 4.79 Å². The maximum atomic E-state index is 11.6. The van der Waals surface area contributed by atoms with Crippen molar-refractivity contribution in [3.63, 3.8) is 0 Å². The third kappa shape index (κ3) is 1.99. The molecular weight excluding hydrogens is 306 g/mol. The van der Waals surface area contributed by atoms with E-state index in [0.717, 1.165) is 22.7 Å². The van der Waals surface area contributed by atoms with Gasteiger partial charge in [0.15, 0.2) is 0 Å². The molecule has 0 saturated carbocycles. The zero-order valence-corrected chi connectivity index (χ0v) is 15.0. The highest BCUT2D eigenvalue weighted by molar-refractivity contribution is 5.68. The second-order valence-electron chi connectivity index (χ2n) is 7.26. The van der Waals surface area contributed by atoms with Crippen LogP contribution in [0, 0.1) is 25.2 Å². The lowest BCUT2D eigenvalue weighted by Gasteiger charge is -2.36. The molecule has 0 spiro atoms. The molecule has 3 rings (SSSR count). The van der Waals surface area contributed by atoms with Gasteiger partial charge in [0.1, 0.15) is 28.8 Å². The van der Waals surface area contributed by atoms with Crippen LogP contribution in [-0.2, 0) is 14.3 Å². The quantitative estimate of drug-likeness (QED) is 0.624. The predicted molar refractivity (Wildman–Crippen MR) is 87.3 cm³/mol. The van der Waals surface area contributed by atoms with Gasteiger partial charge in [0, 0.05) is 19.3 Å². The number of carbonyl (C=O) groups excluding carboxylic acids is 1. The number of furan rings is 1. The Bertz CT molecular complexity index is 786. The molecule has 0 radical (unpaired) electrons. The van der Waals surface area contributed by atoms with Crippen LogP contribution in [0.15, 0.2) is 22.1 Å². The molecule has 2 aliphatic rings. The third-order valence-electron chi connectivity index (χ3n) is 5.54. The molecule has 0 aliphatic carbocycles. The normalized spacial score (nSPS) is 35.5. The van der Waals surface area contributed by atoms with E-state index < -0.39 is 22.8 Å². The van der Waals surface area contributed by atoms with Crippen LogP contribution in [0.4, 0.5) is 0 Å². The topological polar surface area (TPSA) is 72.5 Å². The van der Waals surface area contributed by atoms with Crippen LogP contribution in [0.25, 0.3) is 0 Å². The number of ether oxygens (including phenoxy) is 2. The summed E-state index contributed by atoms with van der Waals surface area (Å²) in [5, 5.41) is 9.80. The second kappa shape index (κ2) is 4.97. The molecule has 3 heterocycles. The first-order valence-electron chi connectivity index (χ1n) is 8.17. The van der Waals surface area contributed by atoms with Crippen molar-refractivity contribution < 1.29 is 18.7 Å². The van der Waals surface area contributed by atoms with Gasteiger partial charge in [-0.25, -0.2) is 0 Å². The van der Waals surface area contributed by atoms with E-state index in [1.807, 2.05) is 46.8 Å². The van der Waals surface area contributed by atoms with Gasteiger partial charge in [-0.1, -0.05) is 6.92 Å². The molecular formula is C19H23NO4. The van der Waals surface area contributed by atoms with Crippen molar-refractivity contribution >= 4 is 5.97 Å². The largest absolute Gasteiger partial charge is 0.466 e. The van der Waals surface area contributed by atoms with Crippen molar-refractivity contribution in [1.82, 2.24) is 0 Å². The molecule has 1 aromatic heterocycles. The minimum atomic E-state index is -1.32. The first-order chi connectivity index (χ1) is 11.1. The molecule has 2 aliphatic heterocycles. The predicted octanol–water partition coefficient (Wildman–Crippen LogP) is 3.70. The van der Waals surface area contributed by atoms with Crippen molar-refractivity contribution in [2.24, 2.45) is 0 Å². The zero-order chi connectivity index (χ0) is 17.9. The molecule has 0 unspecified atom stereocenters. The van der Waals surface area contributed by atoms with E-state index in [0.29, 0.717) is 6.42 Å². The Kier molecular flexibility index (Phi) is 3.47. The van der Waals surface area contributed by atoms with E-state index >= 15 is 0 Å². The molecule has 24 heavy (non-hydrogen) atoms. The Hall–Kier alpha value is -2.06.